The number of nitrogens with one attached hydrogen (secondary N) is 1. The van der Waals surface area contributed by atoms with Gasteiger partial charge in [0.25, 0.3) is 11.8 Å². The van der Waals surface area contributed by atoms with Crippen molar-refractivity contribution in [2.24, 2.45) is 0 Å². The van der Waals surface area contributed by atoms with Crippen molar-refractivity contribution in [2.45, 2.75) is 13.0 Å². The summed E-state index contributed by atoms with van der Waals surface area (Å²) in [5.41, 5.74) is 1.23. The molecule has 3 rings (SSSR count). The normalized spacial score (nSPS) is 14.1. The Kier molecular flexibility index (Phi) is 3.84. The summed E-state index contributed by atoms with van der Waals surface area (Å²) in [6, 6.07) is 14.0. The van der Waals surface area contributed by atoms with Gasteiger partial charge in [-0.2, -0.15) is 5.26 Å². The Balaban J connectivity index is 1.84. The highest BCUT2D eigenvalue weighted by atomic mass is 16.2. The van der Waals surface area contributed by atoms with Crippen molar-refractivity contribution in [1.82, 2.24) is 4.90 Å². The van der Waals surface area contributed by atoms with Gasteiger partial charge in [-0.05, 0) is 31.2 Å². The van der Waals surface area contributed by atoms with Crippen LogP contribution >= 0.6 is 0 Å². The Hall–Kier alpha value is -3.46. The number of amides is 3. The van der Waals surface area contributed by atoms with Crippen LogP contribution in [0.1, 0.15) is 33.2 Å². The Morgan fingerprint density at radius 1 is 1.04 bits per heavy atom. The number of nitrogens with zero attached hydrogens (tertiary/aromatic N) is 2. The molecular weight excluding hydrogens is 306 g/mol. The molecule has 0 spiro atoms. The number of para-hydroxylation sites is 1. The molecule has 0 unspecified atom stereocenters. The lowest BCUT2D eigenvalue weighted by molar-refractivity contribution is -0.119. The second-order valence-corrected chi connectivity index (χ2v) is 5.35. The zero-order chi connectivity index (χ0) is 17.3. The second-order valence-electron chi connectivity index (χ2n) is 5.35. The second kappa shape index (κ2) is 5.97. The van der Waals surface area contributed by atoms with Gasteiger partial charge in [-0.1, -0.05) is 24.3 Å². The van der Waals surface area contributed by atoms with Crippen molar-refractivity contribution in [3.63, 3.8) is 0 Å². The van der Waals surface area contributed by atoms with Gasteiger partial charge in [0, 0.05) is 0 Å². The van der Waals surface area contributed by atoms with Crippen molar-refractivity contribution in [1.29, 1.82) is 5.26 Å². The molecule has 24 heavy (non-hydrogen) atoms. The summed E-state index contributed by atoms with van der Waals surface area (Å²) in [6.45, 7) is 1.48. The van der Waals surface area contributed by atoms with Gasteiger partial charge < -0.3 is 5.32 Å². The first-order valence-electron chi connectivity index (χ1n) is 7.31. The molecular formula is C18H13N3O3. The summed E-state index contributed by atoms with van der Waals surface area (Å²) >= 11 is 0. The molecule has 1 atom stereocenters. The summed E-state index contributed by atoms with van der Waals surface area (Å²) in [5.74, 6) is -1.52. The monoisotopic (exact) mass is 319 g/mol. The zero-order valence-corrected chi connectivity index (χ0v) is 12.8. The van der Waals surface area contributed by atoms with Crippen LogP contribution in [0.4, 0.5) is 5.69 Å². The van der Waals surface area contributed by atoms with E-state index in [2.05, 4.69) is 5.32 Å². The van der Waals surface area contributed by atoms with Crippen LogP contribution < -0.4 is 5.32 Å². The van der Waals surface area contributed by atoms with Crippen LogP contribution in [0.5, 0.6) is 0 Å². The first kappa shape index (κ1) is 15.4. The Labute approximate surface area is 138 Å². The summed E-state index contributed by atoms with van der Waals surface area (Å²) in [6.07, 6.45) is 0. The van der Waals surface area contributed by atoms with E-state index in [4.69, 9.17) is 5.26 Å². The molecule has 2 aromatic rings. The minimum absolute atomic E-state index is 0.291. The molecule has 0 saturated heterocycles. The molecule has 1 aliphatic rings. The molecule has 1 aliphatic heterocycles. The van der Waals surface area contributed by atoms with Crippen molar-refractivity contribution in [3.8, 4) is 6.07 Å². The minimum Gasteiger partial charge on any atom is -0.323 e. The quantitative estimate of drug-likeness (QED) is 0.878. The van der Waals surface area contributed by atoms with Crippen LogP contribution in [-0.2, 0) is 4.79 Å². The Bertz CT molecular complexity index is 863. The number of anilines is 1. The van der Waals surface area contributed by atoms with E-state index in [-0.39, 0.29) is 0 Å². The van der Waals surface area contributed by atoms with Crippen LogP contribution in [-0.4, -0.2) is 28.7 Å². The molecule has 0 fully saturated rings. The number of benzene rings is 2. The third-order valence-corrected chi connectivity index (χ3v) is 3.90. The van der Waals surface area contributed by atoms with Gasteiger partial charge in [0.05, 0.1) is 22.4 Å². The maximum Gasteiger partial charge on any atom is 0.262 e. The van der Waals surface area contributed by atoms with E-state index < -0.39 is 23.8 Å². The number of hydrogen-bond donors (Lipinski definition) is 1. The van der Waals surface area contributed by atoms with Crippen LogP contribution in [0.15, 0.2) is 48.5 Å². The molecule has 118 valence electrons. The largest absolute Gasteiger partial charge is 0.323 e. The molecule has 0 aromatic heterocycles. The van der Waals surface area contributed by atoms with Gasteiger partial charge in [-0.25, -0.2) is 0 Å². The summed E-state index contributed by atoms with van der Waals surface area (Å²) in [4.78, 5) is 38.2. The van der Waals surface area contributed by atoms with Crippen LogP contribution in [0.2, 0.25) is 0 Å². The SMILES string of the molecule is C[C@H](C(=O)Nc1ccccc1C#N)N1C(=O)c2ccccc2C1=O. The van der Waals surface area contributed by atoms with Gasteiger partial charge in [-0.3, -0.25) is 19.3 Å². The molecule has 6 heteroatoms. The van der Waals surface area contributed by atoms with Crippen LogP contribution in [0, 0.1) is 11.3 Å². The lowest BCUT2D eigenvalue weighted by Crippen LogP contribution is -2.45. The van der Waals surface area contributed by atoms with E-state index in [1.54, 1.807) is 48.5 Å². The number of nitriles is 1. The number of imide groups is 1. The standard InChI is InChI=1S/C18H13N3O3/c1-11(16(22)20-15-9-5-2-6-12(15)10-19)21-17(23)13-7-3-4-8-14(13)18(21)24/h2-9,11H,1H3,(H,20,22)/t11-/m1/s1. The van der Waals surface area contributed by atoms with Gasteiger partial charge in [0.1, 0.15) is 12.1 Å². The fraction of sp³-hybridized carbons (Fsp3) is 0.111. The van der Waals surface area contributed by atoms with Gasteiger partial charge in [-0.15, -0.1) is 0 Å². The number of carbonyl (C=O) groups excluding carboxylic acids is 3. The fourth-order valence-corrected chi connectivity index (χ4v) is 2.60. The van der Waals surface area contributed by atoms with E-state index in [1.807, 2.05) is 6.07 Å². The average Bonchev–Trinajstić information content (AvgIpc) is 2.86. The third kappa shape index (κ3) is 2.42. The van der Waals surface area contributed by atoms with E-state index in [0.29, 0.717) is 22.4 Å². The Morgan fingerprint density at radius 3 is 2.17 bits per heavy atom. The van der Waals surface area contributed by atoms with Crippen molar-refractivity contribution in [2.75, 3.05) is 5.32 Å². The van der Waals surface area contributed by atoms with Crippen molar-refractivity contribution in [3.05, 3.63) is 65.2 Å². The molecule has 6 nitrogen and oxygen atoms in total. The maximum atomic E-state index is 12.4. The molecule has 0 radical (unpaired) electrons. The predicted octanol–water partition coefficient (Wildman–Crippen LogP) is 2.18. The Morgan fingerprint density at radius 2 is 1.58 bits per heavy atom. The summed E-state index contributed by atoms with van der Waals surface area (Å²) in [5, 5.41) is 11.7. The third-order valence-electron chi connectivity index (χ3n) is 3.90. The van der Waals surface area contributed by atoms with Crippen molar-refractivity contribution < 1.29 is 14.4 Å². The lowest BCUT2D eigenvalue weighted by Gasteiger charge is -2.21. The zero-order valence-electron chi connectivity index (χ0n) is 12.8. The molecule has 1 heterocycles. The average molecular weight is 319 g/mol. The number of hydrogen-bond acceptors (Lipinski definition) is 4. The van der Waals surface area contributed by atoms with E-state index in [1.165, 1.54) is 6.92 Å². The van der Waals surface area contributed by atoms with Gasteiger partial charge in [0.15, 0.2) is 0 Å². The number of carbonyl (C=O) groups is 3. The predicted molar refractivity (Wildman–Crippen MR) is 86.2 cm³/mol. The molecule has 2 aromatic carbocycles. The molecule has 1 N–H and O–H groups in total. The van der Waals surface area contributed by atoms with Crippen LogP contribution in [0.25, 0.3) is 0 Å². The van der Waals surface area contributed by atoms with E-state index in [9.17, 15) is 14.4 Å². The lowest BCUT2D eigenvalue weighted by atomic mass is 10.1. The fourth-order valence-electron chi connectivity index (χ4n) is 2.60. The highest BCUT2D eigenvalue weighted by molar-refractivity contribution is 6.23. The smallest absolute Gasteiger partial charge is 0.262 e. The minimum atomic E-state index is -0.996. The van der Waals surface area contributed by atoms with Crippen LogP contribution in [0.3, 0.4) is 0 Å². The molecule has 0 aliphatic carbocycles. The summed E-state index contributed by atoms with van der Waals surface area (Å²) < 4.78 is 0. The van der Waals surface area contributed by atoms with Crippen molar-refractivity contribution >= 4 is 23.4 Å². The topological polar surface area (TPSA) is 90.3 Å². The van der Waals surface area contributed by atoms with E-state index >= 15 is 0 Å². The highest BCUT2D eigenvalue weighted by Gasteiger charge is 2.40. The van der Waals surface area contributed by atoms with Gasteiger partial charge in [0.2, 0.25) is 5.91 Å². The number of rotatable bonds is 3. The molecule has 3 amide bonds. The molecule has 0 saturated carbocycles. The van der Waals surface area contributed by atoms with E-state index in [0.717, 1.165) is 4.90 Å². The first-order valence-corrected chi connectivity index (χ1v) is 7.31. The number of fused-ring (bicyclic) bond motifs is 1. The molecule has 0 bridgehead atoms. The highest BCUT2D eigenvalue weighted by Crippen LogP contribution is 2.25. The maximum absolute atomic E-state index is 12.4. The van der Waals surface area contributed by atoms with Gasteiger partial charge >= 0.3 is 0 Å². The first-order chi connectivity index (χ1) is 11.5. The summed E-state index contributed by atoms with van der Waals surface area (Å²) in [7, 11) is 0.